The first kappa shape index (κ1) is 22.5. The molecule has 1 N–H and O–H groups in total. The molecule has 0 bridgehead atoms. The number of hydrogen-bond donors (Lipinski definition) is 1. The zero-order valence-corrected chi connectivity index (χ0v) is 18.4. The third kappa shape index (κ3) is 5.84. The minimum Gasteiger partial charge on any atom is -0.325 e. The van der Waals surface area contributed by atoms with Crippen molar-refractivity contribution < 1.29 is 13.2 Å². The Labute approximate surface area is 171 Å². The summed E-state index contributed by atoms with van der Waals surface area (Å²) in [6, 6.07) is 6.27. The fourth-order valence-corrected chi connectivity index (χ4v) is 4.98. The maximum absolute atomic E-state index is 12.5. The van der Waals surface area contributed by atoms with Crippen molar-refractivity contribution in [3.63, 3.8) is 0 Å². The molecule has 1 heterocycles. The van der Waals surface area contributed by atoms with Crippen LogP contribution in [0.4, 0.5) is 5.69 Å². The Morgan fingerprint density at radius 3 is 2.32 bits per heavy atom. The molecule has 0 aliphatic heterocycles. The second kappa shape index (κ2) is 10.1. The van der Waals surface area contributed by atoms with Gasteiger partial charge in [-0.05, 0) is 37.7 Å². The second-order valence-corrected chi connectivity index (χ2v) is 9.30. The number of carbonyl (C=O) groups excluding carboxylic acids is 1. The number of likely N-dealkylation sites (N-methyl/N-ethyl adjacent to an activating group) is 1. The minimum atomic E-state index is -3.49. The molecule has 0 radical (unpaired) electrons. The van der Waals surface area contributed by atoms with Gasteiger partial charge in [0.1, 0.15) is 0 Å². The molecule has 0 saturated carbocycles. The lowest BCUT2D eigenvalue weighted by Crippen LogP contribution is -2.31. The van der Waals surface area contributed by atoms with Crippen molar-refractivity contribution in [2.75, 3.05) is 32.0 Å². The molecule has 0 atom stereocenters. The summed E-state index contributed by atoms with van der Waals surface area (Å²) in [7, 11) is -1.63. The van der Waals surface area contributed by atoms with Gasteiger partial charge in [-0.2, -0.15) is 4.31 Å². The van der Waals surface area contributed by atoms with Crippen molar-refractivity contribution in [2.45, 2.75) is 38.6 Å². The molecule has 0 unspecified atom stereocenters. The van der Waals surface area contributed by atoms with Crippen LogP contribution in [-0.2, 0) is 27.8 Å². The maximum Gasteiger partial charge on any atom is 0.243 e. The lowest BCUT2D eigenvalue weighted by atomic mass is 10.3. The van der Waals surface area contributed by atoms with Gasteiger partial charge in [0.05, 0.1) is 22.1 Å². The normalized spacial score (nSPS) is 11.9. The first-order valence-corrected chi connectivity index (χ1v) is 11.6. The lowest BCUT2D eigenvalue weighted by molar-refractivity contribution is -0.117. The molecule has 2 aromatic rings. The van der Waals surface area contributed by atoms with Gasteiger partial charge >= 0.3 is 0 Å². The third-order valence-corrected chi connectivity index (χ3v) is 7.33. The largest absolute Gasteiger partial charge is 0.325 e. The molecule has 154 valence electrons. The third-order valence-electron chi connectivity index (χ3n) is 4.23. The zero-order chi connectivity index (χ0) is 20.7. The van der Waals surface area contributed by atoms with Crippen molar-refractivity contribution in [3.05, 3.63) is 40.3 Å². The number of aryl methyl sites for hydroxylation is 1. The van der Waals surface area contributed by atoms with Gasteiger partial charge in [0.25, 0.3) is 0 Å². The molecule has 1 aromatic carbocycles. The number of amides is 1. The lowest BCUT2D eigenvalue weighted by Gasteiger charge is -2.18. The highest BCUT2D eigenvalue weighted by Gasteiger charge is 2.21. The van der Waals surface area contributed by atoms with Crippen LogP contribution >= 0.6 is 11.3 Å². The van der Waals surface area contributed by atoms with E-state index in [-0.39, 0.29) is 17.3 Å². The first-order valence-electron chi connectivity index (χ1n) is 9.32. The van der Waals surface area contributed by atoms with Crippen molar-refractivity contribution in [1.29, 1.82) is 0 Å². The number of rotatable bonds is 10. The number of benzene rings is 1. The Bertz CT molecular complexity index is 875. The molecule has 9 heteroatoms. The summed E-state index contributed by atoms with van der Waals surface area (Å²) in [6.07, 6.45) is 0.912. The van der Waals surface area contributed by atoms with Crippen molar-refractivity contribution in [2.24, 2.45) is 0 Å². The number of aromatic nitrogens is 1. The predicted molar refractivity (Wildman–Crippen MR) is 113 cm³/mol. The number of nitrogens with one attached hydrogen (secondary N) is 1. The molecule has 0 saturated heterocycles. The van der Waals surface area contributed by atoms with Gasteiger partial charge in [-0.15, -0.1) is 11.3 Å². The Morgan fingerprint density at radius 2 is 1.79 bits per heavy atom. The highest BCUT2D eigenvalue weighted by Crippen LogP contribution is 2.18. The first-order chi connectivity index (χ1) is 13.3. The average molecular weight is 425 g/mol. The van der Waals surface area contributed by atoms with Crippen LogP contribution in [0.2, 0.25) is 0 Å². The molecule has 0 aliphatic carbocycles. The van der Waals surface area contributed by atoms with Crippen LogP contribution in [0.3, 0.4) is 0 Å². The van der Waals surface area contributed by atoms with Crippen LogP contribution in [0.1, 0.15) is 31.5 Å². The van der Waals surface area contributed by atoms with Gasteiger partial charge in [-0.25, -0.2) is 13.4 Å². The van der Waals surface area contributed by atoms with Gasteiger partial charge < -0.3 is 5.32 Å². The molecule has 0 spiro atoms. The van der Waals surface area contributed by atoms with Crippen molar-refractivity contribution in [1.82, 2.24) is 14.2 Å². The fraction of sp³-hybridized carbons (Fsp3) is 0.474. The van der Waals surface area contributed by atoms with Gasteiger partial charge in [0, 0.05) is 30.7 Å². The minimum absolute atomic E-state index is 0.159. The number of sulfonamides is 1. The van der Waals surface area contributed by atoms with E-state index < -0.39 is 10.0 Å². The SMILES string of the molecule is CCc1nc(CN(C)CC(=O)Nc2ccc(S(=O)(=O)N(CC)CC)cc2)cs1. The summed E-state index contributed by atoms with van der Waals surface area (Å²) in [6.45, 7) is 7.34. The van der Waals surface area contributed by atoms with E-state index in [9.17, 15) is 13.2 Å². The predicted octanol–water partition coefficient (Wildman–Crippen LogP) is 2.81. The van der Waals surface area contributed by atoms with Gasteiger partial charge in [-0.3, -0.25) is 9.69 Å². The second-order valence-electron chi connectivity index (χ2n) is 6.42. The van der Waals surface area contributed by atoms with E-state index in [1.165, 1.54) is 16.4 Å². The standard InChI is InChI=1S/C19H28N4O3S2/c1-5-19-21-16(14-27-19)12-22(4)13-18(24)20-15-8-10-17(11-9-15)28(25,26)23(6-2)7-3/h8-11,14H,5-7,12-13H2,1-4H3,(H,20,24). The van der Waals surface area contributed by atoms with Crippen LogP contribution in [0.25, 0.3) is 0 Å². The smallest absolute Gasteiger partial charge is 0.243 e. The van der Waals surface area contributed by atoms with Crippen molar-refractivity contribution in [3.8, 4) is 0 Å². The van der Waals surface area contributed by atoms with Gasteiger partial charge in [0.2, 0.25) is 15.9 Å². The fourth-order valence-electron chi connectivity index (χ4n) is 2.78. The molecule has 28 heavy (non-hydrogen) atoms. The summed E-state index contributed by atoms with van der Waals surface area (Å²) in [4.78, 5) is 18.9. The molecule has 2 rings (SSSR count). The highest BCUT2D eigenvalue weighted by molar-refractivity contribution is 7.89. The Kier molecular flexibility index (Phi) is 8.11. The summed E-state index contributed by atoms with van der Waals surface area (Å²) < 4.78 is 26.4. The quantitative estimate of drug-likeness (QED) is 0.634. The van der Waals surface area contributed by atoms with E-state index in [2.05, 4.69) is 17.2 Å². The summed E-state index contributed by atoms with van der Waals surface area (Å²) in [5.41, 5.74) is 1.53. The van der Waals surface area contributed by atoms with E-state index in [1.54, 1.807) is 37.3 Å². The Morgan fingerprint density at radius 1 is 1.14 bits per heavy atom. The van der Waals surface area contributed by atoms with Crippen molar-refractivity contribution >= 4 is 33.0 Å². The molecular formula is C19H28N4O3S2. The summed E-state index contributed by atoms with van der Waals surface area (Å²) in [5.74, 6) is -0.159. The van der Waals surface area contributed by atoms with Crippen LogP contribution in [0, 0.1) is 0 Å². The summed E-state index contributed by atoms with van der Waals surface area (Å²) in [5, 5.41) is 5.91. The average Bonchev–Trinajstić information content (AvgIpc) is 3.10. The van der Waals surface area contributed by atoms with E-state index in [1.807, 2.05) is 17.3 Å². The molecule has 0 aliphatic rings. The molecule has 7 nitrogen and oxygen atoms in total. The molecule has 0 fully saturated rings. The van der Waals surface area contributed by atoms with E-state index >= 15 is 0 Å². The number of anilines is 1. The van der Waals surface area contributed by atoms with Crippen LogP contribution in [0.5, 0.6) is 0 Å². The Hall–Kier alpha value is -1.81. The molecular weight excluding hydrogens is 396 g/mol. The monoisotopic (exact) mass is 424 g/mol. The van der Waals surface area contributed by atoms with E-state index in [0.717, 1.165) is 17.1 Å². The Balaban J connectivity index is 1.93. The number of thiazole rings is 1. The van der Waals surface area contributed by atoms with E-state index in [0.29, 0.717) is 25.3 Å². The van der Waals surface area contributed by atoms with Crippen LogP contribution in [-0.4, -0.2) is 55.2 Å². The maximum atomic E-state index is 12.5. The topological polar surface area (TPSA) is 82.6 Å². The highest BCUT2D eigenvalue weighted by atomic mass is 32.2. The number of carbonyl (C=O) groups is 1. The van der Waals surface area contributed by atoms with Gasteiger partial charge in [0.15, 0.2) is 0 Å². The van der Waals surface area contributed by atoms with Crippen LogP contribution in [0.15, 0.2) is 34.5 Å². The molecule has 1 aromatic heterocycles. The zero-order valence-electron chi connectivity index (χ0n) is 16.8. The van der Waals surface area contributed by atoms with Crippen LogP contribution < -0.4 is 5.32 Å². The molecule has 1 amide bonds. The number of hydrogen-bond acceptors (Lipinski definition) is 6. The van der Waals surface area contributed by atoms with E-state index in [4.69, 9.17) is 0 Å². The summed E-state index contributed by atoms with van der Waals surface area (Å²) >= 11 is 1.63. The van der Waals surface area contributed by atoms with Gasteiger partial charge in [-0.1, -0.05) is 20.8 Å². The number of nitrogens with zero attached hydrogens (tertiary/aromatic N) is 3.